The van der Waals surface area contributed by atoms with Gasteiger partial charge in [0.15, 0.2) is 5.12 Å². The number of nitrogens with one attached hydrogen (secondary N) is 1. The fraction of sp³-hybridized carbons (Fsp3) is 0.818. The molecular weight excluding hydrogens is 290 g/mol. The molecule has 6 nitrogen and oxygen atoms in total. The van der Waals surface area contributed by atoms with E-state index in [1.54, 1.807) is 0 Å². The molecule has 0 saturated carbocycles. The highest BCUT2D eigenvalue weighted by Gasteiger charge is 2.36. The van der Waals surface area contributed by atoms with Gasteiger partial charge in [-0.3, -0.25) is 13.8 Å². The Labute approximate surface area is 117 Å². The molecule has 1 atom stereocenters. The van der Waals surface area contributed by atoms with Gasteiger partial charge < -0.3 is 5.32 Å². The largest absolute Gasteiger partial charge is 0.356 e. The van der Waals surface area contributed by atoms with Gasteiger partial charge in [0, 0.05) is 31.1 Å². The Bertz CT molecular complexity index is 448. The predicted octanol–water partition coefficient (Wildman–Crippen LogP) is 0.529. The van der Waals surface area contributed by atoms with Gasteiger partial charge in [-0.2, -0.15) is 8.42 Å². The Morgan fingerprint density at radius 1 is 1.53 bits per heavy atom. The van der Waals surface area contributed by atoms with E-state index < -0.39 is 15.5 Å². The molecule has 1 aliphatic heterocycles. The molecule has 1 heterocycles. The average molecular weight is 309 g/mol. The number of thioether (sulfide) groups is 1. The molecule has 110 valence electrons. The zero-order valence-corrected chi connectivity index (χ0v) is 12.7. The number of hydrogen-bond donors (Lipinski definition) is 1. The maximum Gasteiger partial charge on any atom is 0.267 e. The van der Waals surface area contributed by atoms with Crippen molar-refractivity contribution in [1.82, 2.24) is 5.32 Å². The molecule has 0 spiro atoms. The Morgan fingerprint density at radius 2 is 2.21 bits per heavy atom. The van der Waals surface area contributed by atoms with Crippen LogP contribution < -0.4 is 5.32 Å². The summed E-state index contributed by atoms with van der Waals surface area (Å²) in [5.41, 5.74) is -0.396. The Morgan fingerprint density at radius 3 is 2.74 bits per heavy atom. The van der Waals surface area contributed by atoms with Crippen molar-refractivity contribution in [2.24, 2.45) is 5.41 Å². The molecule has 1 fully saturated rings. The number of rotatable bonds is 7. The number of carbonyl (C=O) groups is 2. The lowest BCUT2D eigenvalue weighted by atomic mass is 9.92. The second kappa shape index (κ2) is 6.71. The first-order valence-electron chi connectivity index (χ1n) is 6.00. The molecule has 1 aliphatic rings. The van der Waals surface area contributed by atoms with Gasteiger partial charge in [-0.15, -0.1) is 0 Å². The molecule has 0 aromatic carbocycles. The molecular formula is C11H19NO5S2. The molecule has 0 aromatic heterocycles. The SMILES string of the molecule is CC(=O)NCCCS(=O)(=O)OCC1(C)CSC(=O)C1. The standard InChI is InChI=1S/C11H19NO5S2/c1-9(13)12-4-3-5-19(15,16)17-7-11(2)6-10(14)18-8-11/h3-8H2,1-2H3,(H,12,13). The summed E-state index contributed by atoms with van der Waals surface area (Å²) < 4.78 is 28.2. The van der Waals surface area contributed by atoms with Gasteiger partial charge in [0.1, 0.15) is 0 Å². The highest BCUT2D eigenvalue weighted by atomic mass is 32.2. The van der Waals surface area contributed by atoms with Crippen molar-refractivity contribution >= 4 is 32.9 Å². The molecule has 1 amide bonds. The van der Waals surface area contributed by atoms with Gasteiger partial charge in [-0.05, 0) is 6.42 Å². The van der Waals surface area contributed by atoms with Crippen molar-refractivity contribution in [2.75, 3.05) is 24.7 Å². The lowest BCUT2D eigenvalue weighted by molar-refractivity contribution is -0.119. The molecule has 0 aliphatic carbocycles. The van der Waals surface area contributed by atoms with E-state index in [4.69, 9.17) is 4.18 Å². The van der Waals surface area contributed by atoms with E-state index in [1.807, 2.05) is 6.92 Å². The molecule has 0 aromatic rings. The smallest absolute Gasteiger partial charge is 0.267 e. The summed E-state index contributed by atoms with van der Waals surface area (Å²) >= 11 is 1.22. The fourth-order valence-electron chi connectivity index (χ4n) is 1.60. The van der Waals surface area contributed by atoms with Crippen LogP contribution in [0.1, 0.15) is 26.7 Å². The third-order valence-electron chi connectivity index (χ3n) is 2.68. The van der Waals surface area contributed by atoms with Crippen LogP contribution in [-0.4, -0.2) is 44.1 Å². The molecule has 0 bridgehead atoms. The Hall–Kier alpha value is -0.600. The maximum absolute atomic E-state index is 11.6. The Kier molecular flexibility index (Phi) is 5.82. The molecule has 1 rings (SSSR count). The van der Waals surface area contributed by atoms with Crippen molar-refractivity contribution < 1.29 is 22.2 Å². The number of carbonyl (C=O) groups excluding carboxylic acids is 2. The van der Waals surface area contributed by atoms with E-state index in [-0.39, 0.29) is 23.4 Å². The van der Waals surface area contributed by atoms with Crippen LogP contribution in [0.4, 0.5) is 0 Å². The van der Waals surface area contributed by atoms with Crippen LogP contribution in [0.2, 0.25) is 0 Å². The van der Waals surface area contributed by atoms with Crippen LogP contribution in [0.5, 0.6) is 0 Å². The van der Waals surface area contributed by atoms with E-state index in [2.05, 4.69) is 5.32 Å². The molecule has 1 unspecified atom stereocenters. The number of hydrogen-bond acceptors (Lipinski definition) is 6. The summed E-state index contributed by atoms with van der Waals surface area (Å²) in [7, 11) is -3.59. The molecule has 0 radical (unpaired) electrons. The minimum absolute atomic E-state index is 0.0359. The summed E-state index contributed by atoms with van der Waals surface area (Å²) in [4.78, 5) is 21.8. The minimum atomic E-state index is -3.59. The first-order valence-corrected chi connectivity index (χ1v) is 8.56. The van der Waals surface area contributed by atoms with Crippen molar-refractivity contribution in [3.05, 3.63) is 0 Å². The zero-order valence-electron chi connectivity index (χ0n) is 11.1. The topological polar surface area (TPSA) is 89.5 Å². The Balaban J connectivity index is 2.30. The van der Waals surface area contributed by atoms with Crippen molar-refractivity contribution in [2.45, 2.75) is 26.7 Å². The van der Waals surface area contributed by atoms with E-state index in [0.717, 1.165) is 0 Å². The highest BCUT2D eigenvalue weighted by Crippen LogP contribution is 2.37. The molecule has 1 N–H and O–H groups in total. The van der Waals surface area contributed by atoms with Gasteiger partial charge >= 0.3 is 0 Å². The van der Waals surface area contributed by atoms with Gasteiger partial charge in [0.2, 0.25) is 5.91 Å². The summed E-state index contributed by atoms with van der Waals surface area (Å²) in [5.74, 6) is 0.268. The van der Waals surface area contributed by atoms with Crippen molar-refractivity contribution in [3.8, 4) is 0 Å². The second-order valence-electron chi connectivity index (χ2n) is 5.01. The monoisotopic (exact) mass is 309 g/mol. The summed E-state index contributed by atoms with van der Waals surface area (Å²) in [5, 5.41) is 2.60. The van der Waals surface area contributed by atoms with Gasteiger partial charge in [0.05, 0.1) is 12.4 Å². The van der Waals surface area contributed by atoms with Gasteiger partial charge in [-0.25, -0.2) is 0 Å². The quantitative estimate of drug-likeness (QED) is 0.545. The van der Waals surface area contributed by atoms with E-state index in [9.17, 15) is 18.0 Å². The normalized spacial score (nSPS) is 23.6. The first-order chi connectivity index (χ1) is 8.72. The van der Waals surface area contributed by atoms with Gasteiger partial charge in [0.25, 0.3) is 10.1 Å². The third-order valence-corrected chi connectivity index (χ3v) is 5.26. The first kappa shape index (κ1) is 16.5. The van der Waals surface area contributed by atoms with E-state index in [1.165, 1.54) is 18.7 Å². The molecule has 8 heteroatoms. The van der Waals surface area contributed by atoms with Crippen LogP contribution in [0.3, 0.4) is 0 Å². The maximum atomic E-state index is 11.6. The second-order valence-corrected chi connectivity index (χ2v) is 7.80. The van der Waals surface area contributed by atoms with Crippen LogP contribution in [-0.2, 0) is 23.9 Å². The lowest BCUT2D eigenvalue weighted by Gasteiger charge is -2.20. The predicted molar refractivity (Wildman–Crippen MR) is 73.2 cm³/mol. The van der Waals surface area contributed by atoms with E-state index in [0.29, 0.717) is 25.1 Å². The summed E-state index contributed by atoms with van der Waals surface area (Å²) in [6, 6.07) is 0. The van der Waals surface area contributed by atoms with Crippen LogP contribution in [0.15, 0.2) is 0 Å². The summed E-state index contributed by atoms with van der Waals surface area (Å²) in [6.45, 7) is 3.57. The highest BCUT2D eigenvalue weighted by molar-refractivity contribution is 8.14. The van der Waals surface area contributed by atoms with Crippen LogP contribution >= 0.6 is 11.8 Å². The van der Waals surface area contributed by atoms with Crippen molar-refractivity contribution in [3.63, 3.8) is 0 Å². The third kappa shape index (κ3) is 6.40. The minimum Gasteiger partial charge on any atom is -0.356 e. The van der Waals surface area contributed by atoms with E-state index >= 15 is 0 Å². The van der Waals surface area contributed by atoms with Crippen LogP contribution in [0.25, 0.3) is 0 Å². The molecule has 1 saturated heterocycles. The zero-order chi connectivity index (χ0) is 14.5. The van der Waals surface area contributed by atoms with Crippen LogP contribution in [0, 0.1) is 5.41 Å². The van der Waals surface area contributed by atoms with Crippen molar-refractivity contribution in [1.29, 1.82) is 0 Å². The van der Waals surface area contributed by atoms with Gasteiger partial charge in [-0.1, -0.05) is 18.7 Å². The number of amides is 1. The fourth-order valence-corrected chi connectivity index (χ4v) is 3.83. The summed E-state index contributed by atoms with van der Waals surface area (Å²) in [6.07, 6.45) is 0.658. The average Bonchev–Trinajstić information content (AvgIpc) is 2.63. The molecule has 19 heavy (non-hydrogen) atoms. The lowest BCUT2D eigenvalue weighted by Crippen LogP contribution is -2.27.